The number of halogens is 2. The number of nitrogens with one attached hydrogen (secondary N) is 2. The van der Waals surface area contributed by atoms with Crippen LogP contribution in [0.25, 0.3) is 0 Å². The molecule has 2 aromatic carbocycles. The van der Waals surface area contributed by atoms with E-state index in [-0.39, 0.29) is 41.0 Å². The van der Waals surface area contributed by atoms with Gasteiger partial charge in [0.15, 0.2) is 17.5 Å². The van der Waals surface area contributed by atoms with Crippen LogP contribution in [0.4, 0.5) is 4.39 Å². The fourth-order valence-corrected chi connectivity index (χ4v) is 3.28. The predicted octanol–water partition coefficient (Wildman–Crippen LogP) is 4.33. The summed E-state index contributed by atoms with van der Waals surface area (Å²) < 4.78 is 19.6. The van der Waals surface area contributed by atoms with Crippen LogP contribution in [0, 0.1) is 5.82 Å². The van der Waals surface area contributed by atoms with Gasteiger partial charge in [-0.2, -0.15) is 0 Å². The highest BCUT2D eigenvalue weighted by Gasteiger charge is 2.45. The van der Waals surface area contributed by atoms with Gasteiger partial charge in [-0.25, -0.2) is 9.38 Å². The van der Waals surface area contributed by atoms with Gasteiger partial charge in [0.1, 0.15) is 5.82 Å². The van der Waals surface area contributed by atoms with Gasteiger partial charge in [0.2, 0.25) is 0 Å². The second-order valence-electron chi connectivity index (χ2n) is 7.04. The van der Waals surface area contributed by atoms with Crippen LogP contribution in [-0.2, 0) is 12.0 Å². The Kier molecular flexibility index (Phi) is 8.55. The Hall–Kier alpha value is -2.03. The average Bonchev–Trinajstić information content (AvgIpc) is 3.48. The fourth-order valence-electron chi connectivity index (χ4n) is 3.28. The SMILES string of the molecule is CCNC(=NCc1ccc(O)c(OCC)c1)NCC1(c2ccccc2F)CC1.I. The molecule has 5 nitrogen and oxygen atoms in total. The second-order valence-corrected chi connectivity index (χ2v) is 7.04. The summed E-state index contributed by atoms with van der Waals surface area (Å²) in [6.07, 6.45) is 1.94. The minimum absolute atomic E-state index is 0. The first kappa shape index (κ1) is 23.3. The molecule has 3 N–H and O–H groups in total. The Balaban J connectivity index is 0.00000300. The molecule has 7 heteroatoms. The Bertz CT molecular complexity index is 841. The maximum Gasteiger partial charge on any atom is 0.191 e. The van der Waals surface area contributed by atoms with Crippen molar-refractivity contribution in [2.45, 2.75) is 38.6 Å². The number of hydrogen-bond donors (Lipinski definition) is 3. The van der Waals surface area contributed by atoms with Gasteiger partial charge in [0, 0.05) is 18.5 Å². The molecule has 2 aromatic rings. The van der Waals surface area contributed by atoms with Crippen molar-refractivity contribution in [2.24, 2.45) is 4.99 Å². The first-order chi connectivity index (χ1) is 13.6. The minimum atomic E-state index is -0.151. The molecule has 0 spiro atoms. The molecule has 0 atom stereocenters. The van der Waals surface area contributed by atoms with Crippen LogP contribution in [0.2, 0.25) is 0 Å². The van der Waals surface area contributed by atoms with Crippen molar-refractivity contribution in [3.05, 3.63) is 59.4 Å². The van der Waals surface area contributed by atoms with Crippen molar-refractivity contribution in [1.82, 2.24) is 10.6 Å². The minimum Gasteiger partial charge on any atom is -0.504 e. The van der Waals surface area contributed by atoms with Crippen LogP contribution in [-0.4, -0.2) is 30.8 Å². The molecule has 0 aliphatic heterocycles. The number of phenolic OH excluding ortho intramolecular Hbond substituents is 1. The maximum absolute atomic E-state index is 14.2. The van der Waals surface area contributed by atoms with Gasteiger partial charge in [-0.1, -0.05) is 24.3 Å². The molecule has 0 aromatic heterocycles. The van der Waals surface area contributed by atoms with Crippen molar-refractivity contribution < 1.29 is 14.2 Å². The van der Waals surface area contributed by atoms with E-state index in [1.54, 1.807) is 18.2 Å². The molecule has 158 valence electrons. The monoisotopic (exact) mass is 513 g/mol. The van der Waals surface area contributed by atoms with Gasteiger partial charge in [0.05, 0.1) is 13.2 Å². The van der Waals surface area contributed by atoms with Gasteiger partial charge in [-0.3, -0.25) is 0 Å². The van der Waals surface area contributed by atoms with Crippen molar-refractivity contribution in [1.29, 1.82) is 0 Å². The zero-order valence-electron chi connectivity index (χ0n) is 16.9. The van der Waals surface area contributed by atoms with Crippen LogP contribution in [0.3, 0.4) is 0 Å². The fraction of sp³-hybridized carbons (Fsp3) is 0.409. The lowest BCUT2D eigenvalue weighted by Crippen LogP contribution is -2.41. The molecule has 0 radical (unpaired) electrons. The van der Waals surface area contributed by atoms with Gasteiger partial charge >= 0.3 is 0 Å². The third-order valence-electron chi connectivity index (χ3n) is 4.98. The van der Waals surface area contributed by atoms with Crippen LogP contribution in [0.5, 0.6) is 11.5 Å². The number of phenols is 1. The molecule has 0 saturated heterocycles. The van der Waals surface area contributed by atoms with Gasteiger partial charge in [0.25, 0.3) is 0 Å². The van der Waals surface area contributed by atoms with E-state index in [1.807, 2.05) is 32.0 Å². The summed E-state index contributed by atoms with van der Waals surface area (Å²) in [5.74, 6) is 1.14. The number of rotatable bonds is 8. The number of aromatic hydroxyl groups is 1. The van der Waals surface area contributed by atoms with Crippen molar-refractivity contribution in [2.75, 3.05) is 19.7 Å². The maximum atomic E-state index is 14.2. The Morgan fingerprint density at radius 1 is 1.17 bits per heavy atom. The zero-order valence-corrected chi connectivity index (χ0v) is 19.2. The molecular formula is C22H29FIN3O2. The molecule has 0 bridgehead atoms. The quantitative estimate of drug-likeness (QED) is 0.279. The highest BCUT2D eigenvalue weighted by Crippen LogP contribution is 2.48. The first-order valence-electron chi connectivity index (χ1n) is 9.80. The smallest absolute Gasteiger partial charge is 0.191 e. The average molecular weight is 513 g/mol. The molecule has 1 aliphatic carbocycles. The second kappa shape index (κ2) is 10.7. The summed E-state index contributed by atoms with van der Waals surface area (Å²) >= 11 is 0. The van der Waals surface area contributed by atoms with E-state index in [9.17, 15) is 9.50 Å². The van der Waals surface area contributed by atoms with Gasteiger partial charge in [-0.15, -0.1) is 24.0 Å². The molecule has 0 unspecified atom stereocenters. The molecule has 1 aliphatic rings. The topological polar surface area (TPSA) is 65.9 Å². The van der Waals surface area contributed by atoms with E-state index in [4.69, 9.17) is 4.74 Å². The highest BCUT2D eigenvalue weighted by molar-refractivity contribution is 14.0. The molecule has 0 heterocycles. The Morgan fingerprint density at radius 2 is 1.93 bits per heavy atom. The highest BCUT2D eigenvalue weighted by atomic mass is 127. The van der Waals surface area contributed by atoms with Crippen LogP contribution in [0.1, 0.15) is 37.8 Å². The number of nitrogens with zero attached hydrogens (tertiary/aromatic N) is 1. The predicted molar refractivity (Wildman–Crippen MR) is 125 cm³/mol. The number of benzene rings is 2. The van der Waals surface area contributed by atoms with Crippen LogP contribution >= 0.6 is 24.0 Å². The standard InChI is InChI=1S/C22H28FN3O2.HI/c1-3-24-21(25-14-16-9-10-19(27)20(13-16)28-4-2)26-15-22(11-12-22)17-7-5-6-8-18(17)23;/h5-10,13,27H,3-4,11-12,14-15H2,1-2H3,(H2,24,25,26);1H. The van der Waals surface area contributed by atoms with Crippen molar-refractivity contribution in [3.8, 4) is 11.5 Å². The summed E-state index contributed by atoms with van der Waals surface area (Å²) in [5, 5.41) is 16.4. The summed E-state index contributed by atoms with van der Waals surface area (Å²) in [4.78, 5) is 4.63. The lowest BCUT2D eigenvalue weighted by molar-refractivity contribution is 0.318. The zero-order chi connectivity index (χ0) is 20.0. The van der Waals surface area contributed by atoms with E-state index in [0.717, 1.165) is 30.5 Å². The van der Waals surface area contributed by atoms with Gasteiger partial charge in [-0.05, 0) is 56.0 Å². The van der Waals surface area contributed by atoms with Crippen LogP contribution < -0.4 is 15.4 Å². The lowest BCUT2D eigenvalue weighted by Gasteiger charge is -2.19. The first-order valence-corrected chi connectivity index (χ1v) is 9.80. The summed E-state index contributed by atoms with van der Waals surface area (Å²) in [6.45, 7) is 6.19. The normalized spacial score (nSPS) is 14.7. The molecular weight excluding hydrogens is 484 g/mol. The molecule has 3 rings (SSSR count). The molecule has 0 amide bonds. The summed E-state index contributed by atoms with van der Waals surface area (Å²) in [7, 11) is 0. The van der Waals surface area contributed by atoms with Gasteiger partial charge < -0.3 is 20.5 Å². The molecule has 1 fully saturated rings. The van der Waals surface area contributed by atoms with E-state index in [1.165, 1.54) is 6.07 Å². The molecule has 1 saturated carbocycles. The lowest BCUT2D eigenvalue weighted by atomic mass is 9.95. The number of aliphatic imine (C=N–C) groups is 1. The summed E-state index contributed by atoms with van der Waals surface area (Å²) in [5.41, 5.74) is 1.56. The van der Waals surface area contributed by atoms with E-state index in [0.29, 0.717) is 31.4 Å². The van der Waals surface area contributed by atoms with Crippen LogP contribution in [0.15, 0.2) is 47.5 Å². The van der Waals surface area contributed by atoms with Crippen molar-refractivity contribution in [3.63, 3.8) is 0 Å². The number of guanidine groups is 1. The number of ether oxygens (including phenoxy) is 1. The van der Waals surface area contributed by atoms with E-state index >= 15 is 0 Å². The Morgan fingerprint density at radius 3 is 2.59 bits per heavy atom. The number of hydrogen-bond acceptors (Lipinski definition) is 3. The van der Waals surface area contributed by atoms with Crippen molar-refractivity contribution >= 4 is 29.9 Å². The van der Waals surface area contributed by atoms with E-state index in [2.05, 4.69) is 15.6 Å². The third kappa shape index (κ3) is 5.98. The Labute approximate surface area is 188 Å². The van der Waals surface area contributed by atoms with E-state index < -0.39 is 0 Å². The third-order valence-corrected chi connectivity index (χ3v) is 4.98. The summed E-state index contributed by atoms with van der Waals surface area (Å²) in [6, 6.07) is 12.3. The molecule has 29 heavy (non-hydrogen) atoms. The largest absolute Gasteiger partial charge is 0.504 e.